The third-order valence-electron chi connectivity index (χ3n) is 3.46. The summed E-state index contributed by atoms with van der Waals surface area (Å²) in [5.41, 5.74) is 2.90. The van der Waals surface area contributed by atoms with Gasteiger partial charge in [0.25, 0.3) is 0 Å². The van der Waals surface area contributed by atoms with Gasteiger partial charge in [-0.1, -0.05) is 45.0 Å². The summed E-state index contributed by atoms with van der Waals surface area (Å²) in [6.45, 7) is 6.71. The first-order valence-corrected chi connectivity index (χ1v) is 6.76. The zero-order valence-corrected chi connectivity index (χ0v) is 12.2. The summed E-state index contributed by atoms with van der Waals surface area (Å²) in [6.07, 6.45) is 4.60. The summed E-state index contributed by atoms with van der Waals surface area (Å²) in [5.74, 6) is 0.988. The van der Waals surface area contributed by atoms with Crippen LogP contribution in [0.2, 0.25) is 0 Å². The first kappa shape index (κ1) is 13.8. The molecule has 1 aromatic heterocycles. The van der Waals surface area contributed by atoms with Crippen LogP contribution >= 0.6 is 0 Å². The molecule has 1 unspecified atom stereocenters. The highest BCUT2D eigenvalue weighted by atomic mass is 15.0. The average Bonchev–Trinajstić information content (AvgIpc) is 2.89. The van der Waals surface area contributed by atoms with Crippen LogP contribution in [0.4, 0.5) is 0 Å². The maximum absolute atomic E-state index is 4.32. The molecule has 0 spiro atoms. The van der Waals surface area contributed by atoms with E-state index in [4.69, 9.17) is 0 Å². The summed E-state index contributed by atoms with van der Waals surface area (Å²) in [7, 11) is 1.97. The van der Waals surface area contributed by atoms with Crippen LogP contribution in [0, 0.1) is 0 Å². The smallest absolute Gasteiger partial charge is 0.123 e. The number of aromatic amines is 1. The molecule has 1 aromatic carbocycles. The summed E-state index contributed by atoms with van der Waals surface area (Å²) in [6, 6.07) is 9.12. The van der Waals surface area contributed by atoms with E-state index in [1.54, 1.807) is 6.20 Å². The monoisotopic (exact) mass is 257 g/mol. The van der Waals surface area contributed by atoms with Gasteiger partial charge in [-0.05, 0) is 30.0 Å². The zero-order chi connectivity index (χ0) is 13.9. The van der Waals surface area contributed by atoms with Gasteiger partial charge in [-0.15, -0.1) is 0 Å². The van der Waals surface area contributed by atoms with E-state index in [0.29, 0.717) is 0 Å². The second kappa shape index (κ2) is 5.57. The van der Waals surface area contributed by atoms with Gasteiger partial charge in [0.15, 0.2) is 0 Å². The molecule has 0 aliphatic rings. The quantitative estimate of drug-likeness (QED) is 0.883. The van der Waals surface area contributed by atoms with Crippen molar-refractivity contribution < 1.29 is 0 Å². The van der Waals surface area contributed by atoms with Crippen molar-refractivity contribution >= 4 is 0 Å². The van der Waals surface area contributed by atoms with Crippen LogP contribution in [0.5, 0.6) is 0 Å². The molecule has 2 aromatic rings. The molecule has 0 aliphatic carbocycles. The Morgan fingerprint density at radius 2 is 1.89 bits per heavy atom. The van der Waals surface area contributed by atoms with E-state index in [2.05, 4.69) is 60.3 Å². The molecular formula is C16H23N3. The number of rotatable bonds is 4. The van der Waals surface area contributed by atoms with Gasteiger partial charge in [-0.2, -0.15) is 0 Å². The number of hydrogen-bond acceptors (Lipinski definition) is 2. The van der Waals surface area contributed by atoms with E-state index in [-0.39, 0.29) is 11.5 Å². The summed E-state index contributed by atoms with van der Waals surface area (Å²) in [4.78, 5) is 7.49. The normalized spacial score (nSPS) is 13.5. The van der Waals surface area contributed by atoms with Gasteiger partial charge < -0.3 is 10.3 Å². The fourth-order valence-electron chi connectivity index (χ4n) is 2.18. The number of nitrogens with zero attached hydrogens (tertiary/aromatic N) is 1. The molecule has 0 amide bonds. The van der Waals surface area contributed by atoms with Crippen LogP contribution in [-0.2, 0) is 11.8 Å². The lowest BCUT2D eigenvalue weighted by atomic mass is 9.86. The Morgan fingerprint density at radius 1 is 1.21 bits per heavy atom. The van der Waals surface area contributed by atoms with Gasteiger partial charge >= 0.3 is 0 Å². The average molecular weight is 257 g/mol. The molecule has 1 atom stereocenters. The van der Waals surface area contributed by atoms with E-state index in [9.17, 15) is 0 Å². The summed E-state index contributed by atoms with van der Waals surface area (Å²) < 4.78 is 0. The SMILES string of the molecule is CNC(Cc1ccc(C(C)(C)C)cc1)c1ncc[nH]1. The minimum atomic E-state index is 0.210. The van der Waals surface area contributed by atoms with Gasteiger partial charge in [-0.3, -0.25) is 0 Å². The van der Waals surface area contributed by atoms with Crippen molar-refractivity contribution in [2.45, 2.75) is 38.6 Å². The van der Waals surface area contributed by atoms with Crippen LogP contribution in [0.25, 0.3) is 0 Å². The lowest BCUT2D eigenvalue weighted by Gasteiger charge is -2.20. The molecule has 1 heterocycles. The molecule has 0 fully saturated rings. The molecule has 0 bridgehead atoms. The Balaban J connectivity index is 2.11. The molecule has 19 heavy (non-hydrogen) atoms. The van der Waals surface area contributed by atoms with Gasteiger partial charge in [-0.25, -0.2) is 4.98 Å². The molecule has 0 aliphatic heterocycles. The maximum Gasteiger partial charge on any atom is 0.123 e. The third kappa shape index (κ3) is 3.44. The van der Waals surface area contributed by atoms with E-state index < -0.39 is 0 Å². The van der Waals surface area contributed by atoms with Crippen LogP contribution in [0.1, 0.15) is 43.8 Å². The number of likely N-dealkylation sites (N-methyl/N-ethyl adjacent to an activating group) is 1. The van der Waals surface area contributed by atoms with Crippen molar-refractivity contribution in [2.75, 3.05) is 7.05 Å². The minimum absolute atomic E-state index is 0.210. The number of hydrogen-bond donors (Lipinski definition) is 2. The standard InChI is InChI=1S/C16H23N3/c1-16(2,3)13-7-5-12(6-8-13)11-14(17-4)15-18-9-10-19-15/h5-10,14,17H,11H2,1-4H3,(H,18,19). The lowest BCUT2D eigenvalue weighted by molar-refractivity contribution is 0.561. The second-order valence-corrected chi connectivity index (χ2v) is 5.97. The molecule has 0 radical (unpaired) electrons. The van der Waals surface area contributed by atoms with E-state index in [1.807, 2.05) is 13.2 Å². The number of aromatic nitrogens is 2. The Bertz CT molecular complexity index is 492. The van der Waals surface area contributed by atoms with Crippen molar-refractivity contribution in [3.05, 3.63) is 53.6 Å². The highest BCUT2D eigenvalue weighted by Gasteiger charge is 2.15. The molecule has 2 rings (SSSR count). The molecule has 0 saturated heterocycles. The number of H-pyrrole nitrogens is 1. The second-order valence-electron chi connectivity index (χ2n) is 5.97. The van der Waals surface area contributed by atoms with Crippen LogP contribution in [0.3, 0.4) is 0 Å². The van der Waals surface area contributed by atoms with Crippen LogP contribution in [-0.4, -0.2) is 17.0 Å². The molecule has 3 nitrogen and oxygen atoms in total. The van der Waals surface area contributed by atoms with Gasteiger partial charge in [0.1, 0.15) is 5.82 Å². The van der Waals surface area contributed by atoms with Crippen LogP contribution < -0.4 is 5.32 Å². The molecule has 3 heteroatoms. The Morgan fingerprint density at radius 3 is 2.37 bits per heavy atom. The summed E-state index contributed by atoms with van der Waals surface area (Å²) in [5, 5.41) is 3.30. The van der Waals surface area contributed by atoms with E-state index >= 15 is 0 Å². The predicted octanol–water partition coefficient (Wildman–Crippen LogP) is 3.21. The highest BCUT2D eigenvalue weighted by Crippen LogP contribution is 2.23. The van der Waals surface area contributed by atoms with Gasteiger partial charge in [0.05, 0.1) is 6.04 Å². The van der Waals surface area contributed by atoms with E-state index in [1.165, 1.54) is 11.1 Å². The Kier molecular flexibility index (Phi) is 4.05. The summed E-state index contributed by atoms with van der Waals surface area (Å²) >= 11 is 0. The fraction of sp³-hybridized carbons (Fsp3) is 0.438. The third-order valence-corrected chi connectivity index (χ3v) is 3.46. The fourth-order valence-corrected chi connectivity index (χ4v) is 2.18. The predicted molar refractivity (Wildman–Crippen MR) is 79.2 cm³/mol. The molecule has 0 saturated carbocycles. The largest absolute Gasteiger partial charge is 0.347 e. The first-order chi connectivity index (χ1) is 9.00. The first-order valence-electron chi connectivity index (χ1n) is 6.76. The van der Waals surface area contributed by atoms with Crippen molar-refractivity contribution in [1.82, 2.24) is 15.3 Å². The Hall–Kier alpha value is -1.61. The maximum atomic E-state index is 4.32. The highest BCUT2D eigenvalue weighted by molar-refractivity contribution is 5.28. The van der Waals surface area contributed by atoms with E-state index in [0.717, 1.165) is 12.2 Å². The number of benzene rings is 1. The lowest BCUT2D eigenvalue weighted by Crippen LogP contribution is -2.20. The van der Waals surface area contributed by atoms with Crippen molar-refractivity contribution in [3.63, 3.8) is 0 Å². The van der Waals surface area contributed by atoms with Gasteiger partial charge in [0, 0.05) is 12.4 Å². The van der Waals surface area contributed by atoms with Crippen LogP contribution in [0.15, 0.2) is 36.7 Å². The number of imidazole rings is 1. The van der Waals surface area contributed by atoms with Crippen molar-refractivity contribution in [3.8, 4) is 0 Å². The van der Waals surface area contributed by atoms with Crippen molar-refractivity contribution in [1.29, 1.82) is 0 Å². The molecule has 102 valence electrons. The number of nitrogens with one attached hydrogen (secondary N) is 2. The topological polar surface area (TPSA) is 40.7 Å². The zero-order valence-electron chi connectivity index (χ0n) is 12.2. The Labute approximate surface area is 115 Å². The van der Waals surface area contributed by atoms with Crippen molar-refractivity contribution in [2.24, 2.45) is 0 Å². The minimum Gasteiger partial charge on any atom is -0.347 e. The van der Waals surface area contributed by atoms with Gasteiger partial charge in [0.2, 0.25) is 0 Å². The molecular weight excluding hydrogens is 234 g/mol. The molecule has 2 N–H and O–H groups in total.